The Kier molecular flexibility index (Phi) is 2.03. The Bertz CT molecular complexity index is 237. The predicted molar refractivity (Wildman–Crippen MR) is 39.6 cm³/mol. The quantitative estimate of drug-likeness (QED) is 0.467. The molecule has 1 aromatic heterocycles. The number of rotatable bonds is 1. The van der Waals surface area contributed by atoms with Crippen LogP contribution in [0.2, 0.25) is 5.02 Å². The fourth-order valence-corrected chi connectivity index (χ4v) is 0.711. The molecule has 0 aliphatic rings. The first-order valence-electron chi connectivity index (χ1n) is 2.69. The monoisotopic (exact) mass is 158 g/mol. The average Bonchev–Trinajstić information content (AvgIpc) is 1.95. The molecule has 0 aliphatic heterocycles. The minimum absolute atomic E-state index is 0.453. The lowest BCUT2D eigenvalue weighted by Crippen LogP contribution is -2.09. The summed E-state index contributed by atoms with van der Waals surface area (Å²) >= 11 is 5.73. The van der Waals surface area contributed by atoms with Crippen LogP contribution in [0, 0.1) is 6.92 Å². The Balaban J connectivity index is 3.14. The highest BCUT2D eigenvalue weighted by molar-refractivity contribution is 6.33. The lowest BCUT2D eigenvalue weighted by molar-refractivity contribution is 1.09. The van der Waals surface area contributed by atoms with Gasteiger partial charge in [0.25, 0.3) is 0 Å². The Hall–Kier alpha value is -0.870. The molecular weight excluding hydrogens is 152 g/mol. The molecule has 0 fully saturated rings. The third kappa shape index (κ3) is 1.17. The molecule has 0 saturated heterocycles. The molecule has 1 heterocycles. The summed E-state index contributed by atoms with van der Waals surface area (Å²) in [6.07, 6.45) is 1.40. The van der Waals surface area contributed by atoms with E-state index in [9.17, 15) is 0 Å². The predicted octanol–water partition coefficient (Wildman–Crippen LogP) is 0.724. The van der Waals surface area contributed by atoms with E-state index in [-0.39, 0.29) is 0 Å². The van der Waals surface area contributed by atoms with Gasteiger partial charge in [0.15, 0.2) is 5.82 Å². The lowest BCUT2D eigenvalue weighted by atomic mass is 10.4. The van der Waals surface area contributed by atoms with Crippen molar-refractivity contribution in [2.45, 2.75) is 6.92 Å². The summed E-state index contributed by atoms with van der Waals surface area (Å²) < 4.78 is 0. The van der Waals surface area contributed by atoms with Gasteiger partial charge in [0.05, 0.1) is 5.69 Å². The summed E-state index contributed by atoms with van der Waals surface area (Å²) in [6, 6.07) is 0. The third-order valence-electron chi connectivity index (χ3n) is 1.10. The molecule has 5 heteroatoms. The average molecular weight is 159 g/mol. The summed E-state index contributed by atoms with van der Waals surface area (Å²) in [7, 11) is 0. The largest absolute Gasteiger partial charge is 0.307 e. The standard InChI is InChI=1S/C5H7ClN4/c1-3-4(6)5(10-7)9-2-8-3/h2H,7H2,1H3,(H,8,9,10). The molecule has 54 valence electrons. The zero-order chi connectivity index (χ0) is 7.56. The Labute approximate surface area is 63.4 Å². The molecule has 0 unspecified atom stereocenters. The van der Waals surface area contributed by atoms with Crippen molar-refractivity contribution in [3.8, 4) is 0 Å². The van der Waals surface area contributed by atoms with Gasteiger partial charge in [-0.3, -0.25) is 0 Å². The number of halogens is 1. The van der Waals surface area contributed by atoms with E-state index in [2.05, 4.69) is 15.4 Å². The van der Waals surface area contributed by atoms with Crippen molar-refractivity contribution in [2.75, 3.05) is 5.43 Å². The molecule has 3 N–H and O–H groups in total. The molecule has 4 nitrogen and oxygen atoms in total. The SMILES string of the molecule is Cc1ncnc(NN)c1Cl. The maximum absolute atomic E-state index is 5.73. The molecular formula is C5H7ClN4. The van der Waals surface area contributed by atoms with Crippen molar-refractivity contribution < 1.29 is 0 Å². The van der Waals surface area contributed by atoms with Crippen molar-refractivity contribution in [2.24, 2.45) is 5.84 Å². The number of aromatic nitrogens is 2. The van der Waals surface area contributed by atoms with Crippen molar-refractivity contribution >= 4 is 17.4 Å². The number of hydrazine groups is 1. The van der Waals surface area contributed by atoms with Gasteiger partial charge in [-0.1, -0.05) is 11.6 Å². The first kappa shape index (κ1) is 7.24. The topological polar surface area (TPSA) is 63.8 Å². The van der Waals surface area contributed by atoms with Crippen LogP contribution in [0.25, 0.3) is 0 Å². The number of nitrogens with two attached hydrogens (primary N) is 1. The molecule has 0 atom stereocenters. The van der Waals surface area contributed by atoms with Crippen LogP contribution in [-0.2, 0) is 0 Å². The maximum Gasteiger partial charge on any atom is 0.162 e. The van der Waals surface area contributed by atoms with E-state index in [4.69, 9.17) is 17.4 Å². The van der Waals surface area contributed by atoms with Crippen molar-refractivity contribution in [3.63, 3.8) is 0 Å². The highest BCUT2D eigenvalue weighted by atomic mass is 35.5. The van der Waals surface area contributed by atoms with Crippen LogP contribution in [0.5, 0.6) is 0 Å². The first-order valence-corrected chi connectivity index (χ1v) is 3.07. The number of hydrogen-bond acceptors (Lipinski definition) is 4. The number of nitrogens with one attached hydrogen (secondary N) is 1. The van der Waals surface area contributed by atoms with Gasteiger partial charge < -0.3 is 5.43 Å². The zero-order valence-electron chi connectivity index (χ0n) is 5.43. The van der Waals surface area contributed by atoms with Crippen LogP contribution >= 0.6 is 11.6 Å². The molecule has 0 amide bonds. The summed E-state index contributed by atoms with van der Waals surface area (Å²) in [5.74, 6) is 5.55. The van der Waals surface area contributed by atoms with E-state index in [1.54, 1.807) is 6.92 Å². The lowest BCUT2D eigenvalue weighted by Gasteiger charge is -2.01. The molecule has 0 bridgehead atoms. The fraction of sp³-hybridized carbons (Fsp3) is 0.200. The normalized spacial score (nSPS) is 9.50. The van der Waals surface area contributed by atoms with E-state index in [1.165, 1.54) is 6.33 Å². The van der Waals surface area contributed by atoms with Crippen LogP contribution in [0.1, 0.15) is 5.69 Å². The van der Waals surface area contributed by atoms with Crippen molar-refractivity contribution in [1.82, 2.24) is 9.97 Å². The maximum atomic E-state index is 5.73. The number of anilines is 1. The van der Waals surface area contributed by atoms with E-state index < -0.39 is 0 Å². The summed E-state index contributed by atoms with van der Waals surface area (Å²) in [5.41, 5.74) is 3.07. The number of nitrogens with zero attached hydrogens (tertiary/aromatic N) is 2. The molecule has 0 saturated carbocycles. The molecule has 0 aromatic carbocycles. The number of nitrogen functional groups attached to an aromatic ring is 1. The highest BCUT2D eigenvalue weighted by Gasteiger charge is 2.01. The summed E-state index contributed by atoms with van der Waals surface area (Å²) in [4.78, 5) is 7.63. The fourth-order valence-electron chi connectivity index (χ4n) is 0.559. The molecule has 1 aromatic rings. The Morgan fingerprint density at radius 3 is 2.80 bits per heavy atom. The van der Waals surface area contributed by atoms with Crippen LogP contribution in [-0.4, -0.2) is 9.97 Å². The Morgan fingerprint density at radius 2 is 2.30 bits per heavy atom. The van der Waals surface area contributed by atoms with Gasteiger partial charge in [-0.15, -0.1) is 0 Å². The van der Waals surface area contributed by atoms with E-state index in [0.29, 0.717) is 16.5 Å². The molecule has 0 aliphatic carbocycles. The highest BCUT2D eigenvalue weighted by Crippen LogP contribution is 2.18. The van der Waals surface area contributed by atoms with Crippen molar-refractivity contribution in [1.29, 1.82) is 0 Å². The van der Waals surface area contributed by atoms with Crippen LogP contribution < -0.4 is 11.3 Å². The smallest absolute Gasteiger partial charge is 0.162 e. The second-order valence-corrected chi connectivity index (χ2v) is 2.14. The number of aryl methyl sites for hydroxylation is 1. The minimum Gasteiger partial charge on any atom is -0.307 e. The molecule has 1 rings (SSSR count). The molecule has 10 heavy (non-hydrogen) atoms. The molecule has 0 radical (unpaired) electrons. The van der Waals surface area contributed by atoms with Crippen LogP contribution in [0.3, 0.4) is 0 Å². The van der Waals surface area contributed by atoms with Gasteiger partial charge >= 0.3 is 0 Å². The van der Waals surface area contributed by atoms with Gasteiger partial charge in [-0.25, -0.2) is 15.8 Å². The van der Waals surface area contributed by atoms with Crippen LogP contribution in [0.4, 0.5) is 5.82 Å². The third-order valence-corrected chi connectivity index (χ3v) is 1.55. The Morgan fingerprint density at radius 1 is 1.60 bits per heavy atom. The van der Waals surface area contributed by atoms with E-state index >= 15 is 0 Å². The van der Waals surface area contributed by atoms with Gasteiger partial charge in [-0.2, -0.15) is 0 Å². The second kappa shape index (κ2) is 2.81. The zero-order valence-corrected chi connectivity index (χ0v) is 6.18. The van der Waals surface area contributed by atoms with Crippen molar-refractivity contribution in [3.05, 3.63) is 17.0 Å². The molecule has 0 spiro atoms. The first-order chi connectivity index (χ1) is 4.75. The van der Waals surface area contributed by atoms with Gasteiger partial charge in [-0.05, 0) is 6.92 Å². The van der Waals surface area contributed by atoms with E-state index in [1.807, 2.05) is 0 Å². The van der Waals surface area contributed by atoms with Gasteiger partial charge in [0.1, 0.15) is 11.3 Å². The van der Waals surface area contributed by atoms with Gasteiger partial charge in [0.2, 0.25) is 0 Å². The second-order valence-electron chi connectivity index (χ2n) is 1.77. The number of hydrogen-bond donors (Lipinski definition) is 2. The van der Waals surface area contributed by atoms with Crippen LogP contribution in [0.15, 0.2) is 6.33 Å². The summed E-state index contributed by atoms with van der Waals surface area (Å²) in [6.45, 7) is 1.78. The van der Waals surface area contributed by atoms with E-state index in [0.717, 1.165) is 0 Å². The minimum atomic E-state index is 0.453. The van der Waals surface area contributed by atoms with Gasteiger partial charge in [0, 0.05) is 0 Å². The summed E-state index contributed by atoms with van der Waals surface area (Å²) in [5, 5.41) is 0.463.